The fraction of sp³-hybridized carbons (Fsp3) is 0.643. The number of hydrogen-bond donors (Lipinski definition) is 2. The van der Waals surface area contributed by atoms with Gasteiger partial charge in [0, 0.05) is 18.2 Å². The number of hydrogen-bond acceptors (Lipinski definition) is 3. The summed E-state index contributed by atoms with van der Waals surface area (Å²) in [5, 5.41) is 6.46. The van der Waals surface area contributed by atoms with E-state index in [1.165, 1.54) is 12.8 Å². The highest BCUT2D eigenvalue weighted by Crippen LogP contribution is 2.20. The third-order valence-electron chi connectivity index (χ3n) is 3.67. The quantitative estimate of drug-likeness (QED) is 0.845. The number of carbonyl (C=O) groups excluding carboxylic acids is 1. The lowest BCUT2D eigenvalue weighted by atomic mass is 10.1. The van der Waals surface area contributed by atoms with Crippen molar-refractivity contribution in [2.24, 2.45) is 0 Å². The van der Waals surface area contributed by atoms with E-state index >= 15 is 0 Å². The van der Waals surface area contributed by atoms with E-state index in [-0.39, 0.29) is 11.9 Å². The maximum absolute atomic E-state index is 12.3. The largest absolute Gasteiger partial charge is 0.466 e. The molecule has 2 N–H and O–H groups in total. The molecule has 1 aliphatic rings. The van der Waals surface area contributed by atoms with Crippen LogP contribution in [0.2, 0.25) is 0 Å². The molecule has 0 aliphatic carbocycles. The summed E-state index contributed by atoms with van der Waals surface area (Å²) < 4.78 is 5.50. The van der Waals surface area contributed by atoms with Crippen molar-refractivity contribution in [3.05, 3.63) is 22.6 Å². The van der Waals surface area contributed by atoms with Gasteiger partial charge < -0.3 is 15.1 Å². The summed E-state index contributed by atoms with van der Waals surface area (Å²) >= 11 is 0. The van der Waals surface area contributed by atoms with Crippen molar-refractivity contribution in [2.45, 2.75) is 46.1 Å². The van der Waals surface area contributed by atoms with Crippen LogP contribution in [0, 0.1) is 20.8 Å². The molecule has 4 nitrogen and oxygen atoms in total. The first-order valence-electron chi connectivity index (χ1n) is 6.67. The summed E-state index contributed by atoms with van der Waals surface area (Å²) in [4.78, 5) is 12.3. The van der Waals surface area contributed by atoms with Crippen molar-refractivity contribution in [3.8, 4) is 0 Å². The zero-order chi connectivity index (χ0) is 13.1. The first kappa shape index (κ1) is 13.1. The molecule has 1 aliphatic heterocycles. The Hall–Kier alpha value is -1.29. The predicted molar refractivity (Wildman–Crippen MR) is 70.9 cm³/mol. The lowest BCUT2D eigenvalue weighted by Crippen LogP contribution is -2.41. The molecule has 18 heavy (non-hydrogen) atoms. The molecule has 2 heterocycles. The lowest BCUT2D eigenvalue weighted by molar-refractivity contribution is 0.0933. The van der Waals surface area contributed by atoms with Crippen LogP contribution in [0.3, 0.4) is 0 Å². The molecule has 1 aromatic heterocycles. The van der Waals surface area contributed by atoms with Crippen LogP contribution >= 0.6 is 0 Å². The summed E-state index contributed by atoms with van der Waals surface area (Å²) in [5.74, 6) is 1.54. The van der Waals surface area contributed by atoms with Crippen molar-refractivity contribution in [3.63, 3.8) is 0 Å². The van der Waals surface area contributed by atoms with Gasteiger partial charge in [-0.1, -0.05) is 6.42 Å². The van der Waals surface area contributed by atoms with Crippen LogP contribution in [0.5, 0.6) is 0 Å². The van der Waals surface area contributed by atoms with E-state index in [0.29, 0.717) is 11.3 Å². The SMILES string of the molecule is Cc1oc(C)c(C(=O)NC2CCCCNC2)c1C. The Kier molecular flexibility index (Phi) is 4.07. The second-order valence-corrected chi connectivity index (χ2v) is 5.08. The summed E-state index contributed by atoms with van der Waals surface area (Å²) in [6, 6.07) is 0.231. The van der Waals surface area contributed by atoms with E-state index < -0.39 is 0 Å². The molecule has 1 fully saturated rings. The van der Waals surface area contributed by atoms with Gasteiger partial charge in [0.1, 0.15) is 11.5 Å². The molecule has 2 rings (SSSR count). The highest BCUT2D eigenvalue weighted by atomic mass is 16.3. The van der Waals surface area contributed by atoms with Crippen LogP contribution in [0.1, 0.15) is 46.7 Å². The number of rotatable bonds is 2. The van der Waals surface area contributed by atoms with Crippen molar-refractivity contribution >= 4 is 5.91 Å². The molecule has 1 saturated heterocycles. The predicted octanol–water partition coefficient (Wildman–Crippen LogP) is 2.08. The summed E-state index contributed by atoms with van der Waals surface area (Å²) in [5.41, 5.74) is 1.66. The molecular formula is C14H22N2O2. The number of carbonyl (C=O) groups is 1. The zero-order valence-corrected chi connectivity index (χ0v) is 11.4. The lowest BCUT2D eigenvalue weighted by Gasteiger charge is -2.16. The van der Waals surface area contributed by atoms with Gasteiger partial charge in [-0.15, -0.1) is 0 Å². The Morgan fingerprint density at radius 1 is 1.28 bits per heavy atom. The Morgan fingerprint density at radius 2 is 2.06 bits per heavy atom. The van der Waals surface area contributed by atoms with E-state index in [0.717, 1.165) is 30.8 Å². The topological polar surface area (TPSA) is 54.3 Å². The molecule has 0 aromatic carbocycles. The minimum Gasteiger partial charge on any atom is -0.466 e. The van der Waals surface area contributed by atoms with Crippen molar-refractivity contribution < 1.29 is 9.21 Å². The van der Waals surface area contributed by atoms with Crippen LogP contribution in [-0.2, 0) is 0 Å². The van der Waals surface area contributed by atoms with Gasteiger partial charge in [0.15, 0.2) is 0 Å². The zero-order valence-electron chi connectivity index (χ0n) is 11.4. The standard InChI is InChI=1S/C14H22N2O2/c1-9-10(2)18-11(3)13(9)14(17)16-12-6-4-5-7-15-8-12/h12,15H,4-8H2,1-3H3,(H,16,17). The number of nitrogens with one attached hydrogen (secondary N) is 2. The fourth-order valence-electron chi connectivity index (χ4n) is 2.53. The first-order valence-corrected chi connectivity index (χ1v) is 6.67. The van der Waals surface area contributed by atoms with E-state index in [1.54, 1.807) is 0 Å². The minimum absolute atomic E-state index is 0.00412. The normalized spacial score (nSPS) is 20.5. The molecule has 0 saturated carbocycles. The van der Waals surface area contributed by atoms with E-state index in [2.05, 4.69) is 10.6 Å². The minimum atomic E-state index is -0.00412. The summed E-state index contributed by atoms with van der Waals surface area (Å²) in [7, 11) is 0. The molecule has 1 atom stereocenters. The van der Waals surface area contributed by atoms with E-state index in [1.807, 2.05) is 20.8 Å². The van der Waals surface area contributed by atoms with Gasteiger partial charge in [-0.3, -0.25) is 4.79 Å². The summed E-state index contributed by atoms with van der Waals surface area (Å²) in [6.07, 6.45) is 3.41. The average Bonchev–Trinajstić information content (AvgIpc) is 2.52. The number of aryl methyl sites for hydroxylation is 2. The van der Waals surface area contributed by atoms with Crippen molar-refractivity contribution in [1.29, 1.82) is 0 Å². The number of furan rings is 1. The van der Waals surface area contributed by atoms with E-state index in [4.69, 9.17) is 4.42 Å². The second-order valence-electron chi connectivity index (χ2n) is 5.08. The smallest absolute Gasteiger partial charge is 0.255 e. The van der Waals surface area contributed by atoms with Crippen LogP contribution in [0.15, 0.2) is 4.42 Å². The number of amides is 1. The second kappa shape index (κ2) is 5.57. The van der Waals surface area contributed by atoms with Gasteiger partial charge in [0.05, 0.1) is 5.56 Å². The van der Waals surface area contributed by atoms with Crippen LogP contribution < -0.4 is 10.6 Å². The van der Waals surface area contributed by atoms with Crippen molar-refractivity contribution in [2.75, 3.05) is 13.1 Å². The molecule has 1 unspecified atom stereocenters. The highest BCUT2D eigenvalue weighted by Gasteiger charge is 2.21. The fourth-order valence-corrected chi connectivity index (χ4v) is 2.53. The van der Waals surface area contributed by atoms with Crippen LogP contribution in [-0.4, -0.2) is 25.0 Å². The van der Waals surface area contributed by atoms with Gasteiger partial charge in [0.2, 0.25) is 0 Å². The Bertz CT molecular complexity index is 429. The van der Waals surface area contributed by atoms with Crippen molar-refractivity contribution in [1.82, 2.24) is 10.6 Å². The first-order chi connectivity index (χ1) is 8.59. The monoisotopic (exact) mass is 250 g/mol. The third-order valence-corrected chi connectivity index (χ3v) is 3.67. The maximum Gasteiger partial charge on any atom is 0.255 e. The third kappa shape index (κ3) is 2.75. The van der Waals surface area contributed by atoms with Gasteiger partial charge in [-0.05, 0) is 40.2 Å². The van der Waals surface area contributed by atoms with Crippen LogP contribution in [0.4, 0.5) is 0 Å². The maximum atomic E-state index is 12.3. The Balaban J connectivity index is 2.06. The molecule has 100 valence electrons. The average molecular weight is 250 g/mol. The van der Waals surface area contributed by atoms with Gasteiger partial charge >= 0.3 is 0 Å². The van der Waals surface area contributed by atoms with Crippen LogP contribution in [0.25, 0.3) is 0 Å². The molecular weight excluding hydrogens is 228 g/mol. The summed E-state index contributed by atoms with van der Waals surface area (Å²) in [6.45, 7) is 7.59. The molecule has 0 radical (unpaired) electrons. The van der Waals surface area contributed by atoms with Gasteiger partial charge in [-0.2, -0.15) is 0 Å². The molecule has 0 spiro atoms. The van der Waals surface area contributed by atoms with E-state index in [9.17, 15) is 4.79 Å². The van der Waals surface area contributed by atoms with Gasteiger partial charge in [-0.25, -0.2) is 0 Å². The Labute approximate surface area is 108 Å². The van der Waals surface area contributed by atoms with Gasteiger partial charge in [0.25, 0.3) is 5.91 Å². The Morgan fingerprint density at radius 3 is 2.72 bits per heavy atom. The molecule has 4 heteroatoms. The molecule has 1 amide bonds. The highest BCUT2D eigenvalue weighted by molar-refractivity contribution is 5.97. The molecule has 1 aromatic rings. The molecule has 0 bridgehead atoms.